The zero-order valence-electron chi connectivity index (χ0n) is 33.1. The molecule has 0 saturated heterocycles. The van der Waals surface area contributed by atoms with Crippen LogP contribution in [0.4, 0.5) is 34.1 Å². The number of anilines is 6. The van der Waals surface area contributed by atoms with Gasteiger partial charge >= 0.3 is 11.9 Å². The van der Waals surface area contributed by atoms with Crippen LogP contribution >= 0.6 is 0 Å². The second-order valence-electron chi connectivity index (χ2n) is 14.1. The van der Waals surface area contributed by atoms with E-state index >= 15 is 0 Å². The standard InChI is InChI=1S/C52H44N2O4/c1-7-51(55)57-49-29-15-41(16-30-49)39-11-21-43(22-12-39)53(47-19-9-35(3)37(5)33-47)45-25-27-46(28-26-45)54(48-20-10-36(4)38(6)34-48)44-23-13-40(14-24-44)42-17-31-50(32-18-42)58-52(56)8-2/h7-34H,1-2H2,3-6H3. The molecule has 7 aromatic rings. The maximum atomic E-state index is 11.6. The van der Waals surface area contributed by atoms with E-state index in [2.05, 4.69) is 160 Å². The van der Waals surface area contributed by atoms with Gasteiger partial charge in [0.05, 0.1) is 0 Å². The van der Waals surface area contributed by atoms with E-state index in [9.17, 15) is 9.59 Å². The van der Waals surface area contributed by atoms with Gasteiger partial charge in [-0.3, -0.25) is 0 Å². The smallest absolute Gasteiger partial charge is 0.335 e. The van der Waals surface area contributed by atoms with E-state index in [-0.39, 0.29) is 0 Å². The average molecular weight is 761 g/mol. The van der Waals surface area contributed by atoms with E-state index in [0.29, 0.717) is 11.5 Å². The molecule has 6 nitrogen and oxygen atoms in total. The molecule has 0 N–H and O–H groups in total. The van der Waals surface area contributed by atoms with Crippen LogP contribution in [-0.4, -0.2) is 11.9 Å². The summed E-state index contributed by atoms with van der Waals surface area (Å²) in [6, 6.07) is 53.7. The third kappa shape index (κ3) is 8.67. The molecular weight excluding hydrogens is 717 g/mol. The highest BCUT2D eigenvalue weighted by atomic mass is 16.5. The first-order valence-electron chi connectivity index (χ1n) is 19.0. The molecule has 0 fully saturated rings. The number of benzene rings is 7. The predicted octanol–water partition coefficient (Wildman–Crippen LogP) is 13.4. The van der Waals surface area contributed by atoms with Gasteiger partial charge in [0, 0.05) is 46.3 Å². The van der Waals surface area contributed by atoms with Crippen molar-refractivity contribution in [2.24, 2.45) is 0 Å². The fourth-order valence-electron chi connectivity index (χ4n) is 6.73. The van der Waals surface area contributed by atoms with Crippen LogP contribution in [0.2, 0.25) is 0 Å². The van der Waals surface area contributed by atoms with E-state index in [4.69, 9.17) is 9.47 Å². The first kappa shape index (κ1) is 38.8. The minimum absolute atomic E-state index is 0.472. The maximum absolute atomic E-state index is 11.6. The summed E-state index contributed by atoms with van der Waals surface area (Å²) in [6.45, 7) is 15.5. The number of esters is 2. The summed E-state index contributed by atoms with van der Waals surface area (Å²) in [4.78, 5) is 27.8. The second-order valence-corrected chi connectivity index (χ2v) is 14.1. The summed E-state index contributed by atoms with van der Waals surface area (Å²) in [5, 5.41) is 0. The van der Waals surface area contributed by atoms with Crippen molar-refractivity contribution in [3.8, 4) is 33.8 Å². The molecule has 6 heteroatoms. The van der Waals surface area contributed by atoms with Crippen molar-refractivity contribution >= 4 is 46.1 Å². The third-order valence-corrected chi connectivity index (χ3v) is 10.3. The van der Waals surface area contributed by atoms with Gasteiger partial charge in [0.15, 0.2) is 0 Å². The van der Waals surface area contributed by atoms with E-state index in [1.54, 1.807) is 24.3 Å². The van der Waals surface area contributed by atoms with Gasteiger partial charge in [-0.2, -0.15) is 0 Å². The molecule has 286 valence electrons. The van der Waals surface area contributed by atoms with Gasteiger partial charge in [0.2, 0.25) is 0 Å². The molecule has 7 aromatic carbocycles. The molecule has 0 aliphatic heterocycles. The predicted molar refractivity (Wildman–Crippen MR) is 237 cm³/mol. The highest BCUT2D eigenvalue weighted by Crippen LogP contribution is 2.41. The number of ether oxygens (including phenoxy) is 2. The van der Waals surface area contributed by atoms with Crippen molar-refractivity contribution < 1.29 is 19.1 Å². The van der Waals surface area contributed by atoms with Gasteiger partial charge in [-0.1, -0.05) is 73.8 Å². The van der Waals surface area contributed by atoms with Crippen LogP contribution < -0.4 is 19.3 Å². The highest BCUT2D eigenvalue weighted by Gasteiger charge is 2.18. The Bertz CT molecular complexity index is 2410. The Labute approximate surface area is 340 Å². The van der Waals surface area contributed by atoms with E-state index in [1.165, 1.54) is 22.3 Å². The van der Waals surface area contributed by atoms with Gasteiger partial charge in [-0.05, 0) is 169 Å². The van der Waals surface area contributed by atoms with Crippen LogP contribution in [-0.2, 0) is 9.59 Å². The maximum Gasteiger partial charge on any atom is 0.335 e. The number of hydrogen-bond acceptors (Lipinski definition) is 6. The Kier molecular flexibility index (Phi) is 11.5. The Morgan fingerprint density at radius 2 is 0.638 bits per heavy atom. The SMILES string of the molecule is C=CC(=O)Oc1ccc(-c2ccc(N(c3ccc(N(c4ccc(-c5ccc(OC(=O)C=C)cc5)cc4)c4ccc(C)c(C)c4)cc3)c3ccc(C)c(C)c3)cc2)cc1. The molecule has 0 atom stereocenters. The van der Waals surface area contributed by atoms with Gasteiger partial charge in [0.1, 0.15) is 11.5 Å². The largest absolute Gasteiger partial charge is 0.423 e. The summed E-state index contributed by atoms with van der Waals surface area (Å²) >= 11 is 0. The Morgan fingerprint density at radius 1 is 0.379 bits per heavy atom. The van der Waals surface area contributed by atoms with Crippen LogP contribution in [0.5, 0.6) is 11.5 Å². The molecule has 0 amide bonds. The summed E-state index contributed by atoms with van der Waals surface area (Å²) in [7, 11) is 0. The number of hydrogen-bond donors (Lipinski definition) is 0. The molecule has 0 heterocycles. The molecular formula is C52H44N2O4. The van der Waals surface area contributed by atoms with Crippen LogP contribution in [0.3, 0.4) is 0 Å². The lowest BCUT2D eigenvalue weighted by Crippen LogP contribution is -2.12. The summed E-state index contributed by atoms with van der Waals surface area (Å²) in [6.07, 6.45) is 2.30. The lowest BCUT2D eigenvalue weighted by molar-refractivity contribution is -0.129. The Hall–Kier alpha value is -7.44. The monoisotopic (exact) mass is 760 g/mol. The van der Waals surface area contributed by atoms with Crippen LogP contribution in [0.25, 0.3) is 22.3 Å². The van der Waals surface area contributed by atoms with Gasteiger partial charge in [-0.25, -0.2) is 9.59 Å². The molecule has 0 aliphatic rings. The van der Waals surface area contributed by atoms with E-state index in [1.807, 2.05) is 24.3 Å². The van der Waals surface area contributed by atoms with Gasteiger partial charge < -0.3 is 19.3 Å². The highest BCUT2D eigenvalue weighted by molar-refractivity contribution is 5.85. The van der Waals surface area contributed by atoms with Crippen molar-refractivity contribution in [1.82, 2.24) is 0 Å². The molecule has 0 saturated carbocycles. The van der Waals surface area contributed by atoms with E-state index in [0.717, 1.165) is 68.5 Å². The molecule has 7 rings (SSSR count). The topological polar surface area (TPSA) is 59.1 Å². The number of carbonyl (C=O) groups is 2. The molecule has 0 bridgehead atoms. The number of carbonyl (C=O) groups excluding carboxylic acids is 2. The molecule has 0 aliphatic carbocycles. The molecule has 0 unspecified atom stereocenters. The van der Waals surface area contributed by atoms with Gasteiger partial charge in [0.25, 0.3) is 0 Å². The van der Waals surface area contributed by atoms with Crippen LogP contribution in [0.15, 0.2) is 183 Å². The van der Waals surface area contributed by atoms with Crippen molar-refractivity contribution in [2.45, 2.75) is 27.7 Å². The van der Waals surface area contributed by atoms with Crippen molar-refractivity contribution in [1.29, 1.82) is 0 Å². The number of rotatable bonds is 12. The lowest BCUT2D eigenvalue weighted by Gasteiger charge is -2.29. The summed E-state index contributed by atoms with van der Waals surface area (Å²) in [5.74, 6) is -0.0292. The third-order valence-electron chi connectivity index (χ3n) is 10.3. The zero-order chi connectivity index (χ0) is 40.8. The normalized spacial score (nSPS) is 10.7. The zero-order valence-corrected chi connectivity index (χ0v) is 33.1. The van der Waals surface area contributed by atoms with Crippen molar-refractivity contribution in [2.75, 3.05) is 9.80 Å². The molecule has 0 spiro atoms. The molecule has 0 aromatic heterocycles. The fourth-order valence-corrected chi connectivity index (χ4v) is 6.73. The fraction of sp³-hybridized carbons (Fsp3) is 0.0769. The second kappa shape index (κ2) is 17.1. The van der Waals surface area contributed by atoms with Crippen molar-refractivity contribution in [3.63, 3.8) is 0 Å². The Morgan fingerprint density at radius 3 is 0.914 bits per heavy atom. The summed E-state index contributed by atoms with van der Waals surface area (Å²) in [5.41, 5.74) is 15.2. The Balaban J connectivity index is 1.22. The van der Waals surface area contributed by atoms with E-state index < -0.39 is 11.9 Å². The average Bonchev–Trinajstić information content (AvgIpc) is 3.25. The molecule has 0 radical (unpaired) electrons. The number of aryl methyl sites for hydroxylation is 4. The van der Waals surface area contributed by atoms with Gasteiger partial charge in [-0.15, -0.1) is 0 Å². The van der Waals surface area contributed by atoms with Crippen LogP contribution in [0, 0.1) is 27.7 Å². The lowest BCUT2D eigenvalue weighted by atomic mass is 10.0. The number of nitrogens with zero attached hydrogens (tertiary/aromatic N) is 2. The first-order valence-corrected chi connectivity index (χ1v) is 19.0. The molecule has 58 heavy (non-hydrogen) atoms. The van der Waals surface area contributed by atoms with Crippen molar-refractivity contribution in [3.05, 3.63) is 205 Å². The first-order chi connectivity index (χ1) is 28.1. The minimum atomic E-state index is -0.487. The summed E-state index contributed by atoms with van der Waals surface area (Å²) < 4.78 is 10.5. The quantitative estimate of drug-likeness (QED) is 0.0702. The van der Waals surface area contributed by atoms with Crippen LogP contribution in [0.1, 0.15) is 22.3 Å². The minimum Gasteiger partial charge on any atom is -0.423 e.